The molecule has 2 heterocycles. The minimum absolute atomic E-state index is 0.330. The van der Waals surface area contributed by atoms with E-state index in [4.69, 9.17) is 9.72 Å². The van der Waals surface area contributed by atoms with Crippen molar-refractivity contribution in [1.29, 1.82) is 0 Å². The Balaban J connectivity index is 2.02. The number of hydrogen-bond acceptors (Lipinski definition) is 5. The Hall–Kier alpha value is -1.98. The van der Waals surface area contributed by atoms with Crippen LogP contribution >= 0.6 is 22.7 Å². The monoisotopic (exact) mass is 315 g/mol. The summed E-state index contributed by atoms with van der Waals surface area (Å²) in [7, 11) is 1.39. The molecule has 0 N–H and O–H groups in total. The van der Waals surface area contributed by atoms with Crippen LogP contribution in [0.1, 0.15) is 15.2 Å². The molecule has 0 aliphatic heterocycles. The summed E-state index contributed by atoms with van der Waals surface area (Å²) in [5.74, 6) is -0.330. The zero-order chi connectivity index (χ0) is 14.8. The fourth-order valence-corrected chi connectivity index (χ4v) is 3.82. The number of rotatable bonds is 3. The second kappa shape index (κ2) is 5.79. The normalized spacial score (nSPS) is 10.6. The van der Waals surface area contributed by atoms with Crippen LogP contribution in [0.25, 0.3) is 21.1 Å². The summed E-state index contributed by atoms with van der Waals surface area (Å²) in [6.07, 6.45) is 0. The number of carbonyl (C=O) groups excluding carboxylic acids is 1. The summed E-state index contributed by atoms with van der Waals surface area (Å²) in [6.45, 7) is 2.07. The molecule has 106 valence electrons. The molecule has 0 atom stereocenters. The first-order chi connectivity index (χ1) is 10.2. The van der Waals surface area contributed by atoms with E-state index in [-0.39, 0.29) is 5.97 Å². The number of hydrogen-bond donors (Lipinski definition) is 0. The lowest BCUT2D eigenvalue weighted by molar-refractivity contribution is 0.0601. The van der Waals surface area contributed by atoms with Crippen molar-refractivity contribution in [2.75, 3.05) is 7.11 Å². The molecule has 0 bridgehead atoms. The van der Waals surface area contributed by atoms with Crippen LogP contribution in [-0.4, -0.2) is 18.1 Å². The molecule has 0 aliphatic carbocycles. The molecule has 1 aromatic carbocycles. The lowest BCUT2D eigenvalue weighted by Gasteiger charge is -2.01. The molecule has 21 heavy (non-hydrogen) atoms. The second-order valence-electron chi connectivity index (χ2n) is 4.47. The summed E-state index contributed by atoms with van der Waals surface area (Å²) in [4.78, 5) is 18.7. The van der Waals surface area contributed by atoms with E-state index < -0.39 is 0 Å². The van der Waals surface area contributed by atoms with Crippen LogP contribution in [0.4, 0.5) is 0 Å². The molecule has 5 heteroatoms. The van der Waals surface area contributed by atoms with Crippen LogP contribution in [0.2, 0.25) is 0 Å². The van der Waals surface area contributed by atoms with Crippen LogP contribution in [0.3, 0.4) is 0 Å². The van der Waals surface area contributed by atoms with Gasteiger partial charge in [0.1, 0.15) is 5.01 Å². The molecule has 0 saturated carbocycles. The molecular weight excluding hydrogens is 302 g/mol. The molecule has 0 aliphatic rings. The van der Waals surface area contributed by atoms with E-state index in [2.05, 4.69) is 13.0 Å². The number of methoxy groups -OCH3 is 1. The van der Waals surface area contributed by atoms with Gasteiger partial charge in [-0.1, -0.05) is 18.2 Å². The van der Waals surface area contributed by atoms with Gasteiger partial charge in [-0.15, -0.1) is 22.7 Å². The minimum atomic E-state index is -0.330. The van der Waals surface area contributed by atoms with Crippen LogP contribution in [-0.2, 0) is 4.74 Å². The maximum absolute atomic E-state index is 11.6. The van der Waals surface area contributed by atoms with Gasteiger partial charge in [0.05, 0.1) is 23.2 Å². The summed E-state index contributed by atoms with van der Waals surface area (Å²) in [5.41, 5.74) is 2.50. The number of esters is 1. The van der Waals surface area contributed by atoms with Crippen LogP contribution < -0.4 is 0 Å². The van der Waals surface area contributed by atoms with Crippen molar-refractivity contribution in [3.63, 3.8) is 0 Å². The summed E-state index contributed by atoms with van der Waals surface area (Å²) >= 11 is 3.32. The van der Waals surface area contributed by atoms with Crippen molar-refractivity contribution in [1.82, 2.24) is 4.98 Å². The molecule has 3 rings (SSSR count). The van der Waals surface area contributed by atoms with Crippen LogP contribution in [0.5, 0.6) is 0 Å². The highest BCUT2D eigenvalue weighted by Gasteiger charge is 2.13. The number of benzene rings is 1. The third-order valence-corrected chi connectivity index (χ3v) is 4.98. The van der Waals surface area contributed by atoms with E-state index in [1.807, 2.05) is 29.6 Å². The van der Waals surface area contributed by atoms with E-state index in [1.54, 1.807) is 28.7 Å². The third-order valence-electron chi connectivity index (χ3n) is 3.08. The zero-order valence-electron chi connectivity index (χ0n) is 11.6. The Morgan fingerprint density at radius 1 is 1.24 bits per heavy atom. The first-order valence-corrected chi connectivity index (χ1v) is 8.08. The molecule has 0 fully saturated rings. The zero-order valence-corrected chi connectivity index (χ0v) is 13.3. The van der Waals surface area contributed by atoms with Gasteiger partial charge in [0.25, 0.3) is 0 Å². The quantitative estimate of drug-likeness (QED) is 0.661. The van der Waals surface area contributed by atoms with Gasteiger partial charge < -0.3 is 4.74 Å². The highest BCUT2D eigenvalue weighted by molar-refractivity contribution is 7.17. The molecule has 0 spiro atoms. The Morgan fingerprint density at radius 2 is 2.10 bits per heavy atom. The van der Waals surface area contributed by atoms with Gasteiger partial charge >= 0.3 is 5.97 Å². The van der Waals surface area contributed by atoms with Crippen molar-refractivity contribution in [2.24, 2.45) is 0 Å². The molecule has 0 saturated heterocycles. The lowest BCUT2D eigenvalue weighted by atomic mass is 10.1. The van der Waals surface area contributed by atoms with Crippen molar-refractivity contribution in [3.8, 4) is 21.1 Å². The van der Waals surface area contributed by atoms with Gasteiger partial charge in [-0.2, -0.15) is 0 Å². The smallest absolute Gasteiger partial charge is 0.337 e. The van der Waals surface area contributed by atoms with Gasteiger partial charge in [0.2, 0.25) is 0 Å². The highest BCUT2D eigenvalue weighted by atomic mass is 32.1. The molecule has 0 amide bonds. The molecule has 0 unspecified atom stereocenters. The molecule has 3 nitrogen and oxygen atoms in total. The minimum Gasteiger partial charge on any atom is -0.465 e. The van der Waals surface area contributed by atoms with Crippen molar-refractivity contribution < 1.29 is 9.53 Å². The summed E-state index contributed by atoms with van der Waals surface area (Å²) in [6, 6.07) is 11.5. The van der Waals surface area contributed by atoms with E-state index in [1.165, 1.54) is 16.9 Å². The first-order valence-electron chi connectivity index (χ1n) is 6.39. The SMILES string of the molecule is COC(=O)c1cccc(-c2nc(-c3cccs3)c(C)s2)c1. The van der Waals surface area contributed by atoms with Gasteiger partial charge in [-0.25, -0.2) is 9.78 Å². The first kappa shape index (κ1) is 14.0. The maximum Gasteiger partial charge on any atom is 0.337 e. The Kier molecular flexibility index (Phi) is 3.86. The topological polar surface area (TPSA) is 39.2 Å². The van der Waals surface area contributed by atoms with Crippen molar-refractivity contribution in [2.45, 2.75) is 6.92 Å². The number of aryl methyl sites for hydroxylation is 1. The summed E-state index contributed by atoms with van der Waals surface area (Å²) < 4.78 is 4.76. The van der Waals surface area contributed by atoms with Crippen LogP contribution in [0.15, 0.2) is 41.8 Å². The average Bonchev–Trinajstić information content (AvgIpc) is 3.15. The van der Waals surface area contributed by atoms with Gasteiger partial charge in [0.15, 0.2) is 0 Å². The third kappa shape index (κ3) is 2.75. The number of thiazole rings is 1. The maximum atomic E-state index is 11.6. The number of thiophene rings is 1. The van der Waals surface area contributed by atoms with Crippen molar-refractivity contribution in [3.05, 3.63) is 52.2 Å². The van der Waals surface area contributed by atoms with Gasteiger partial charge in [-0.3, -0.25) is 0 Å². The largest absolute Gasteiger partial charge is 0.465 e. The number of ether oxygens (including phenoxy) is 1. The van der Waals surface area contributed by atoms with E-state index >= 15 is 0 Å². The molecule has 3 aromatic rings. The summed E-state index contributed by atoms with van der Waals surface area (Å²) in [5, 5.41) is 2.97. The fourth-order valence-electron chi connectivity index (χ4n) is 2.06. The standard InChI is InChI=1S/C16H13NO2S2/c1-10-14(13-7-4-8-20-13)17-15(21-10)11-5-3-6-12(9-11)16(18)19-2/h3-9H,1-2H3. The molecule has 0 radical (unpaired) electrons. The van der Waals surface area contributed by atoms with Crippen LogP contribution in [0, 0.1) is 6.92 Å². The number of aromatic nitrogens is 1. The second-order valence-corrected chi connectivity index (χ2v) is 6.62. The Bertz CT molecular complexity index is 775. The van der Waals surface area contributed by atoms with E-state index in [9.17, 15) is 4.79 Å². The predicted octanol–water partition coefficient (Wildman–Crippen LogP) is 4.63. The van der Waals surface area contributed by atoms with Gasteiger partial charge in [0, 0.05) is 10.4 Å². The van der Waals surface area contributed by atoms with Gasteiger partial charge in [-0.05, 0) is 30.5 Å². The molecule has 2 aromatic heterocycles. The fraction of sp³-hybridized carbons (Fsp3) is 0.125. The highest BCUT2D eigenvalue weighted by Crippen LogP contribution is 2.35. The van der Waals surface area contributed by atoms with E-state index in [0.717, 1.165) is 16.3 Å². The van der Waals surface area contributed by atoms with Crippen molar-refractivity contribution >= 4 is 28.6 Å². The molecular formula is C16H13NO2S2. The Morgan fingerprint density at radius 3 is 2.81 bits per heavy atom. The lowest BCUT2D eigenvalue weighted by Crippen LogP contribution is -2.00. The number of nitrogens with zero attached hydrogens (tertiary/aromatic N) is 1. The average molecular weight is 315 g/mol. The predicted molar refractivity (Wildman–Crippen MR) is 86.9 cm³/mol. The Labute approximate surface area is 130 Å². The van der Waals surface area contributed by atoms with E-state index in [0.29, 0.717) is 5.56 Å². The number of carbonyl (C=O) groups is 1.